The van der Waals surface area contributed by atoms with Gasteiger partial charge in [-0.25, -0.2) is 0 Å². The molecule has 1 amide bonds. The van der Waals surface area contributed by atoms with Crippen molar-refractivity contribution in [3.05, 3.63) is 48.0 Å². The van der Waals surface area contributed by atoms with E-state index in [1.54, 1.807) is 0 Å². The Morgan fingerprint density at radius 3 is 2.40 bits per heavy atom. The Bertz CT molecular complexity index is 589. The third kappa shape index (κ3) is 3.83. The van der Waals surface area contributed by atoms with Crippen LogP contribution in [0.4, 0.5) is 0 Å². The Labute approximate surface area is 121 Å². The summed E-state index contributed by atoms with van der Waals surface area (Å²) in [6.07, 6.45) is 2.16. The van der Waals surface area contributed by atoms with Gasteiger partial charge in [0.25, 0.3) is 5.91 Å². The fourth-order valence-electron chi connectivity index (χ4n) is 2.29. The van der Waals surface area contributed by atoms with E-state index in [-0.39, 0.29) is 11.9 Å². The Hall–Kier alpha value is -1.83. The maximum absolute atomic E-state index is 12.2. The highest BCUT2D eigenvalue weighted by atomic mass is 16.1. The number of rotatable bonds is 5. The van der Waals surface area contributed by atoms with Gasteiger partial charge in [0.15, 0.2) is 0 Å². The van der Waals surface area contributed by atoms with Crippen LogP contribution in [0.2, 0.25) is 0 Å². The predicted octanol–water partition coefficient (Wildman–Crippen LogP) is 4.39. The second kappa shape index (κ2) is 6.56. The number of fused-ring (bicyclic) bond motifs is 1. The molecule has 2 aromatic carbocycles. The largest absolute Gasteiger partial charge is 0.350 e. The van der Waals surface area contributed by atoms with E-state index in [2.05, 4.69) is 32.2 Å². The molecule has 1 N–H and O–H groups in total. The fraction of sp³-hybridized carbons (Fsp3) is 0.389. The van der Waals surface area contributed by atoms with Gasteiger partial charge in [-0.15, -0.1) is 0 Å². The highest BCUT2D eigenvalue weighted by molar-refractivity contribution is 5.98. The summed E-state index contributed by atoms with van der Waals surface area (Å²) in [4.78, 5) is 12.2. The number of carbonyl (C=O) groups excluding carboxylic acids is 1. The summed E-state index contributed by atoms with van der Waals surface area (Å²) in [7, 11) is 0. The van der Waals surface area contributed by atoms with Gasteiger partial charge in [-0.05, 0) is 48.6 Å². The molecule has 106 valence electrons. The molecule has 0 bridgehead atoms. The molecule has 0 saturated heterocycles. The minimum absolute atomic E-state index is 0.0204. The first-order valence-electron chi connectivity index (χ1n) is 7.36. The van der Waals surface area contributed by atoms with Gasteiger partial charge in [0.2, 0.25) is 0 Å². The average molecular weight is 269 g/mol. The molecule has 20 heavy (non-hydrogen) atoms. The zero-order valence-corrected chi connectivity index (χ0v) is 12.5. The summed E-state index contributed by atoms with van der Waals surface area (Å²) in [6, 6.07) is 14.2. The third-order valence-corrected chi connectivity index (χ3v) is 3.57. The van der Waals surface area contributed by atoms with E-state index in [1.807, 2.05) is 36.4 Å². The van der Waals surface area contributed by atoms with Crippen molar-refractivity contribution in [2.45, 2.75) is 39.7 Å². The van der Waals surface area contributed by atoms with Crippen LogP contribution in [0.25, 0.3) is 10.8 Å². The topological polar surface area (TPSA) is 29.1 Å². The van der Waals surface area contributed by atoms with E-state index in [0.29, 0.717) is 5.92 Å². The second-order valence-electron chi connectivity index (χ2n) is 5.91. The first-order chi connectivity index (χ1) is 9.56. The molecular weight excluding hydrogens is 246 g/mol. The maximum atomic E-state index is 12.2. The van der Waals surface area contributed by atoms with Crippen LogP contribution in [0.15, 0.2) is 42.5 Å². The van der Waals surface area contributed by atoms with Crippen LogP contribution in [0.5, 0.6) is 0 Å². The van der Waals surface area contributed by atoms with E-state index < -0.39 is 0 Å². The van der Waals surface area contributed by atoms with Crippen LogP contribution in [-0.2, 0) is 0 Å². The van der Waals surface area contributed by atoms with Gasteiger partial charge in [0, 0.05) is 11.6 Å². The molecule has 2 heteroatoms. The standard InChI is InChI=1S/C18H23NO/c1-13(2)8-9-14(3)19-18(20)17-11-10-15-6-4-5-7-16(15)12-17/h4-7,10-14H,8-9H2,1-3H3,(H,19,20). The normalized spacial score (nSPS) is 12.6. The zero-order valence-electron chi connectivity index (χ0n) is 12.5. The average Bonchev–Trinajstić information content (AvgIpc) is 2.44. The van der Waals surface area contributed by atoms with Crippen molar-refractivity contribution in [1.29, 1.82) is 0 Å². The highest BCUT2D eigenvalue weighted by Crippen LogP contribution is 2.16. The van der Waals surface area contributed by atoms with E-state index >= 15 is 0 Å². The molecule has 0 spiro atoms. The van der Waals surface area contributed by atoms with Gasteiger partial charge in [-0.1, -0.05) is 44.2 Å². The smallest absolute Gasteiger partial charge is 0.251 e. The third-order valence-electron chi connectivity index (χ3n) is 3.57. The summed E-state index contributed by atoms with van der Waals surface area (Å²) < 4.78 is 0. The molecule has 1 unspecified atom stereocenters. The summed E-state index contributed by atoms with van der Waals surface area (Å²) >= 11 is 0. The lowest BCUT2D eigenvalue weighted by Crippen LogP contribution is -2.32. The van der Waals surface area contributed by atoms with Crippen LogP contribution in [0, 0.1) is 5.92 Å². The molecule has 1 atom stereocenters. The van der Waals surface area contributed by atoms with E-state index in [9.17, 15) is 4.79 Å². The molecular formula is C18H23NO. The number of hydrogen-bond acceptors (Lipinski definition) is 1. The summed E-state index contributed by atoms with van der Waals surface area (Å²) in [6.45, 7) is 6.48. The molecule has 2 aromatic rings. The molecule has 0 saturated carbocycles. The summed E-state index contributed by atoms with van der Waals surface area (Å²) in [5.74, 6) is 0.696. The number of carbonyl (C=O) groups is 1. The van der Waals surface area contributed by atoms with Gasteiger partial charge in [-0.2, -0.15) is 0 Å². The molecule has 0 radical (unpaired) electrons. The zero-order chi connectivity index (χ0) is 14.5. The molecule has 2 rings (SSSR count). The Balaban J connectivity index is 2.03. The molecule has 0 aliphatic heterocycles. The molecule has 0 heterocycles. The fourth-order valence-corrected chi connectivity index (χ4v) is 2.29. The van der Waals surface area contributed by atoms with Crippen molar-refractivity contribution in [3.8, 4) is 0 Å². The number of nitrogens with one attached hydrogen (secondary N) is 1. The highest BCUT2D eigenvalue weighted by Gasteiger charge is 2.10. The predicted molar refractivity (Wildman–Crippen MR) is 84.9 cm³/mol. The summed E-state index contributed by atoms with van der Waals surface area (Å²) in [5, 5.41) is 5.35. The first-order valence-corrected chi connectivity index (χ1v) is 7.36. The van der Waals surface area contributed by atoms with Crippen molar-refractivity contribution < 1.29 is 4.79 Å². The monoisotopic (exact) mass is 269 g/mol. The lowest BCUT2D eigenvalue weighted by atomic mass is 10.0. The summed E-state index contributed by atoms with van der Waals surface area (Å²) in [5.41, 5.74) is 0.736. The minimum Gasteiger partial charge on any atom is -0.350 e. The van der Waals surface area contributed by atoms with Crippen molar-refractivity contribution in [2.75, 3.05) is 0 Å². The number of benzene rings is 2. The lowest BCUT2D eigenvalue weighted by Gasteiger charge is -2.15. The van der Waals surface area contributed by atoms with Gasteiger partial charge >= 0.3 is 0 Å². The molecule has 0 fully saturated rings. The Morgan fingerprint density at radius 2 is 1.70 bits per heavy atom. The number of amides is 1. The molecule has 0 aliphatic carbocycles. The van der Waals surface area contributed by atoms with Gasteiger partial charge in [0.05, 0.1) is 0 Å². The van der Waals surface area contributed by atoms with Crippen LogP contribution in [-0.4, -0.2) is 11.9 Å². The van der Waals surface area contributed by atoms with E-state index in [4.69, 9.17) is 0 Å². The second-order valence-corrected chi connectivity index (χ2v) is 5.91. The van der Waals surface area contributed by atoms with Crippen molar-refractivity contribution in [2.24, 2.45) is 5.92 Å². The quantitative estimate of drug-likeness (QED) is 0.856. The molecule has 2 nitrogen and oxygen atoms in total. The lowest BCUT2D eigenvalue weighted by molar-refractivity contribution is 0.0937. The Morgan fingerprint density at radius 1 is 1.00 bits per heavy atom. The van der Waals surface area contributed by atoms with Crippen molar-refractivity contribution in [1.82, 2.24) is 5.32 Å². The maximum Gasteiger partial charge on any atom is 0.251 e. The molecule has 0 aromatic heterocycles. The molecule has 0 aliphatic rings. The minimum atomic E-state index is 0.0204. The first kappa shape index (κ1) is 14.6. The van der Waals surface area contributed by atoms with E-state index in [1.165, 1.54) is 0 Å². The van der Waals surface area contributed by atoms with Crippen LogP contribution >= 0.6 is 0 Å². The van der Waals surface area contributed by atoms with Gasteiger partial charge in [-0.3, -0.25) is 4.79 Å². The van der Waals surface area contributed by atoms with Crippen molar-refractivity contribution >= 4 is 16.7 Å². The SMILES string of the molecule is CC(C)CCC(C)NC(=O)c1ccc2ccccc2c1. The number of hydrogen-bond donors (Lipinski definition) is 1. The van der Waals surface area contributed by atoms with Gasteiger partial charge in [0.1, 0.15) is 0 Å². The van der Waals surface area contributed by atoms with Crippen molar-refractivity contribution in [3.63, 3.8) is 0 Å². The van der Waals surface area contributed by atoms with Crippen LogP contribution in [0.3, 0.4) is 0 Å². The van der Waals surface area contributed by atoms with Gasteiger partial charge < -0.3 is 5.32 Å². The van der Waals surface area contributed by atoms with Crippen LogP contribution in [0.1, 0.15) is 44.0 Å². The Kier molecular flexibility index (Phi) is 4.78. The van der Waals surface area contributed by atoms with E-state index in [0.717, 1.165) is 29.2 Å². The van der Waals surface area contributed by atoms with Crippen LogP contribution < -0.4 is 5.32 Å².